The number of benzene rings is 2. The topological polar surface area (TPSA) is 18.5 Å². The Labute approximate surface area is 287 Å². The van der Waals surface area contributed by atoms with E-state index >= 15 is 0 Å². The van der Waals surface area contributed by atoms with Crippen LogP contribution in [0.3, 0.4) is 0 Å². The lowest BCUT2D eigenvalue weighted by atomic mass is 9.88. The fourth-order valence-electron chi connectivity index (χ4n) is 4.52. The van der Waals surface area contributed by atoms with Crippen molar-refractivity contribution in [3.05, 3.63) is 57.6 Å². The zero-order valence-electron chi connectivity index (χ0n) is 28.2. The molecule has 0 unspecified atom stereocenters. The molecule has 2 aromatic rings. The van der Waals surface area contributed by atoms with E-state index in [-0.39, 0.29) is 14.9 Å². The van der Waals surface area contributed by atoms with Crippen molar-refractivity contribution in [2.75, 3.05) is 13.2 Å². The van der Waals surface area contributed by atoms with Gasteiger partial charge in [-0.05, 0) is 81.7 Å². The summed E-state index contributed by atoms with van der Waals surface area (Å²) in [6, 6.07) is 9.36. The fraction of sp³-hybridized carbons (Fsp3) is 0.684. The first-order chi connectivity index (χ1) is 18.8. The Morgan fingerprint density at radius 1 is 0.452 bits per heavy atom. The van der Waals surface area contributed by atoms with Gasteiger partial charge in [-0.1, -0.05) is 136 Å². The monoisotopic (exact) mass is 810 g/mol. The van der Waals surface area contributed by atoms with Gasteiger partial charge >= 0.3 is 0 Å². The molecule has 42 heavy (non-hydrogen) atoms. The van der Waals surface area contributed by atoms with E-state index < -0.39 is 0 Å². The Kier molecular flexibility index (Phi) is 26.1. The van der Waals surface area contributed by atoms with E-state index in [0.29, 0.717) is 35.5 Å². The second-order valence-corrected chi connectivity index (χ2v) is 12.7. The molecular weight excluding hydrogens is 742 g/mol. The van der Waals surface area contributed by atoms with Crippen LogP contribution in [0.15, 0.2) is 24.3 Å². The molecule has 0 saturated carbocycles. The molecule has 2 rings (SSSR count). The molecule has 246 valence electrons. The molecule has 0 aliphatic carbocycles. The molecule has 0 aliphatic heterocycles. The van der Waals surface area contributed by atoms with Gasteiger partial charge in [0.2, 0.25) is 0 Å². The summed E-state index contributed by atoms with van der Waals surface area (Å²) in [5, 5.41) is 0. The number of rotatable bonds is 12. The van der Waals surface area contributed by atoms with Crippen molar-refractivity contribution in [1.29, 1.82) is 0 Å². The summed E-state index contributed by atoms with van der Waals surface area (Å²) in [5.41, 5.74) is 8.31. The van der Waals surface area contributed by atoms with Gasteiger partial charge in [0.1, 0.15) is 11.5 Å². The Hall–Kier alpha value is -0.500. The van der Waals surface area contributed by atoms with Gasteiger partial charge < -0.3 is 9.47 Å². The van der Waals surface area contributed by atoms with Gasteiger partial charge in [0, 0.05) is 37.2 Å². The third-order valence-electron chi connectivity index (χ3n) is 7.06. The van der Waals surface area contributed by atoms with Crippen molar-refractivity contribution < 1.29 is 9.47 Å². The largest absolute Gasteiger partial charge is 0.493 e. The van der Waals surface area contributed by atoms with Crippen molar-refractivity contribution in [3.63, 3.8) is 0 Å². The summed E-state index contributed by atoms with van der Waals surface area (Å²) < 4.78 is 12.1. The quantitative estimate of drug-likeness (QED) is 0.199. The number of hydrogen-bond donors (Lipinski definition) is 0. The molecular formula is C38H68I2O2. The minimum atomic E-state index is 0. The molecule has 0 spiro atoms. The van der Waals surface area contributed by atoms with Crippen LogP contribution in [0.5, 0.6) is 11.5 Å². The van der Waals surface area contributed by atoms with Crippen LogP contribution in [0.4, 0.5) is 0 Å². The summed E-state index contributed by atoms with van der Waals surface area (Å²) in [5.74, 6) is 5.41. The zero-order chi connectivity index (χ0) is 31.2. The maximum Gasteiger partial charge on any atom is 0.126 e. The predicted molar refractivity (Wildman–Crippen MR) is 210 cm³/mol. The highest BCUT2D eigenvalue weighted by molar-refractivity contribution is 15.0. The summed E-state index contributed by atoms with van der Waals surface area (Å²) in [6.45, 7) is 33.0. The molecule has 0 aliphatic rings. The van der Waals surface area contributed by atoms with Crippen molar-refractivity contribution in [2.45, 2.75) is 160 Å². The maximum atomic E-state index is 6.07. The third kappa shape index (κ3) is 14.5. The van der Waals surface area contributed by atoms with Crippen LogP contribution in [-0.4, -0.2) is 13.2 Å². The highest BCUT2D eigenvalue weighted by Gasteiger charge is 2.19. The zero-order valence-corrected chi connectivity index (χ0v) is 32.5. The van der Waals surface area contributed by atoms with Crippen molar-refractivity contribution in [2.24, 2.45) is 0 Å². The van der Waals surface area contributed by atoms with Crippen LogP contribution < -0.4 is 9.47 Å². The van der Waals surface area contributed by atoms with Crippen LogP contribution in [0, 0.1) is 0 Å². The van der Waals surface area contributed by atoms with Gasteiger partial charge in [-0.15, -0.1) is 0 Å². The molecule has 0 amide bonds. The first-order valence-electron chi connectivity index (χ1n) is 15.5. The maximum absolute atomic E-state index is 6.07. The normalized spacial score (nSPS) is 10.7. The highest BCUT2D eigenvalue weighted by Crippen LogP contribution is 2.39. The molecule has 2 nitrogen and oxygen atoms in total. The molecule has 0 fully saturated rings. The van der Waals surface area contributed by atoms with Crippen molar-refractivity contribution in [1.82, 2.24) is 0 Å². The molecule has 0 N–H and O–H groups in total. The fourth-order valence-corrected chi connectivity index (χ4v) is 4.52. The van der Waals surface area contributed by atoms with Crippen LogP contribution in [-0.2, 0) is 0 Å². The molecule has 2 aromatic carbocycles. The van der Waals surface area contributed by atoms with Gasteiger partial charge in [-0.25, -0.2) is 0 Å². The van der Waals surface area contributed by atoms with E-state index in [2.05, 4.69) is 158 Å². The number of hydrogen-bond acceptors (Lipinski definition) is 2. The second-order valence-electron chi connectivity index (χ2n) is 12.7. The van der Waals surface area contributed by atoms with Crippen LogP contribution in [0.1, 0.15) is 194 Å². The lowest BCUT2D eigenvalue weighted by molar-refractivity contribution is 0.308. The Morgan fingerprint density at radius 3 is 0.810 bits per heavy atom. The van der Waals surface area contributed by atoms with E-state index in [1.165, 1.54) is 33.4 Å². The summed E-state index contributed by atoms with van der Waals surface area (Å²) in [6.07, 6.45) is 2.11. The Balaban J connectivity index is -0.000000654. The molecule has 0 saturated heterocycles. The van der Waals surface area contributed by atoms with E-state index in [4.69, 9.17) is 9.47 Å². The van der Waals surface area contributed by atoms with Crippen molar-refractivity contribution >= 4 is 37.2 Å². The van der Waals surface area contributed by atoms with Crippen LogP contribution >= 0.6 is 37.2 Å². The SMILES string of the molecule is C.C.CCCOc1c(C(C)C)cc(C(C)C)cc1C(C)C.CCCOc1c(C(C)C)cc(C(C)C)cc1C(C)C.II. The number of ether oxygens (including phenoxy) is 2. The molecule has 0 radical (unpaired) electrons. The van der Waals surface area contributed by atoms with Gasteiger partial charge in [-0.2, -0.15) is 0 Å². The number of halogens is 2. The van der Waals surface area contributed by atoms with E-state index in [9.17, 15) is 0 Å². The molecule has 4 heteroatoms. The first-order valence-corrected chi connectivity index (χ1v) is 21.8. The van der Waals surface area contributed by atoms with Gasteiger partial charge in [-0.3, -0.25) is 0 Å². The lowest BCUT2D eigenvalue weighted by Crippen LogP contribution is -2.07. The van der Waals surface area contributed by atoms with Crippen LogP contribution in [0.25, 0.3) is 0 Å². The standard InChI is InChI=1S/2C18H30O.2CH4.I2/c2*1-8-9-19-18-16(13(4)5)10-15(12(2)3)11-17(18)14(6)7;;;1-2/h2*10-14H,8-9H2,1-7H3;2*1H4;. The summed E-state index contributed by atoms with van der Waals surface area (Å²) in [7, 11) is 0. The highest BCUT2D eigenvalue weighted by atomic mass is 128. The molecule has 0 atom stereocenters. The molecule has 0 aromatic heterocycles. The third-order valence-corrected chi connectivity index (χ3v) is 7.06. The first kappa shape index (κ1) is 45.9. The van der Waals surface area contributed by atoms with Gasteiger partial charge in [0.25, 0.3) is 0 Å². The Bertz CT molecular complexity index is 838. The van der Waals surface area contributed by atoms with Crippen LogP contribution in [0.2, 0.25) is 0 Å². The summed E-state index contributed by atoms with van der Waals surface area (Å²) in [4.78, 5) is 0. The second kappa shape index (κ2) is 23.8. The van der Waals surface area contributed by atoms with Crippen molar-refractivity contribution in [3.8, 4) is 11.5 Å². The molecule has 0 heterocycles. The average molecular weight is 811 g/mol. The minimum Gasteiger partial charge on any atom is -0.493 e. The predicted octanol–water partition coefficient (Wildman–Crippen LogP) is 14.7. The van der Waals surface area contributed by atoms with Gasteiger partial charge in [0.15, 0.2) is 0 Å². The average Bonchev–Trinajstić information content (AvgIpc) is 2.90. The van der Waals surface area contributed by atoms with E-state index in [0.717, 1.165) is 37.6 Å². The molecule has 0 bridgehead atoms. The van der Waals surface area contributed by atoms with E-state index in [1.54, 1.807) is 0 Å². The minimum absolute atomic E-state index is 0. The Morgan fingerprint density at radius 2 is 0.667 bits per heavy atom. The lowest BCUT2D eigenvalue weighted by Gasteiger charge is -2.22. The van der Waals surface area contributed by atoms with Gasteiger partial charge in [0.05, 0.1) is 13.2 Å². The summed E-state index contributed by atoms with van der Waals surface area (Å²) >= 11 is 4.24. The smallest absolute Gasteiger partial charge is 0.126 e. The van der Waals surface area contributed by atoms with E-state index in [1.807, 2.05) is 0 Å².